The molecule has 10 heteroatoms. The molecule has 5 rings (SSSR count). The minimum Gasteiger partial charge on any atom is -0.465 e. The molecule has 0 bridgehead atoms. The number of aryl methyl sites for hydroxylation is 1. The van der Waals surface area contributed by atoms with E-state index in [4.69, 9.17) is 16.7 Å². The highest BCUT2D eigenvalue weighted by molar-refractivity contribution is 6.31. The molecule has 2 amide bonds. The first kappa shape index (κ1) is 22.6. The lowest BCUT2D eigenvalue weighted by atomic mass is 10.1. The monoisotopic (exact) mass is 471 g/mol. The van der Waals surface area contributed by atoms with Gasteiger partial charge in [-0.3, -0.25) is 9.48 Å². The quantitative estimate of drug-likeness (QED) is 0.496. The van der Waals surface area contributed by atoms with Gasteiger partial charge in [-0.1, -0.05) is 36.9 Å². The molecule has 1 aliphatic carbocycles. The van der Waals surface area contributed by atoms with E-state index in [9.17, 15) is 14.0 Å². The van der Waals surface area contributed by atoms with Gasteiger partial charge in [-0.2, -0.15) is 5.10 Å². The predicted molar refractivity (Wildman–Crippen MR) is 124 cm³/mol. The highest BCUT2D eigenvalue weighted by Gasteiger charge is 2.27. The molecule has 33 heavy (non-hydrogen) atoms. The Morgan fingerprint density at radius 3 is 2.64 bits per heavy atom. The molecular weight excluding hydrogens is 449 g/mol. The number of benzene rings is 2. The van der Waals surface area contributed by atoms with Crippen molar-refractivity contribution >= 4 is 40.8 Å². The van der Waals surface area contributed by atoms with E-state index in [-0.39, 0.29) is 24.2 Å². The Balaban J connectivity index is 0.000000799. The minimum absolute atomic E-state index is 0.139. The number of carboxylic acid groups (broad SMARTS) is 1. The van der Waals surface area contributed by atoms with Crippen LogP contribution in [0.25, 0.3) is 0 Å². The van der Waals surface area contributed by atoms with Gasteiger partial charge in [-0.05, 0) is 30.3 Å². The van der Waals surface area contributed by atoms with Crippen LogP contribution in [0.3, 0.4) is 0 Å². The SMILES string of the molecule is C1CC1.Cn1ncc2c1Nc1cc(Cl)ccc1N(C(=O)c1ccc(CNC(=O)O)c(F)c1)C2. The maximum Gasteiger partial charge on any atom is 0.404 e. The van der Waals surface area contributed by atoms with Crippen molar-refractivity contribution in [2.75, 3.05) is 10.2 Å². The number of amides is 2. The Hall–Kier alpha value is -3.59. The molecule has 172 valence electrons. The van der Waals surface area contributed by atoms with E-state index < -0.39 is 17.8 Å². The van der Waals surface area contributed by atoms with Crippen molar-refractivity contribution < 1.29 is 19.1 Å². The van der Waals surface area contributed by atoms with Crippen LogP contribution in [0.2, 0.25) is 5.02 Å². The van der Waals surface area contributed by atoms with Gasteiger partial charge < -0.3 is 20.6 Å². The number of nitrogens with zero attached hydrogens (tertiary/aromatic N) is 3. The normalized spacial score (nSPS) is 13.5. The van der Waals surface area contributed by atoms with Gasteiger partial charge in [0.05, 0.1) is 24.1 Å². The Kier molecular flexibility index (Phi) is 6.50. The average Bonchev–Trinajstić information content (AvgIpc) is 3.63. The number of carbonyl (C=O) groups excluding carboxylic acids is 1. The summed E-state index contributed by atoms with van der Waals surface area (Å²) in [4.78, 5) is 25.5. The third kappa shape index (κ3) is 5.25. The molecule has 1 aliphatic heterocycles. The molecule has 2 heterocycles. The Bertz CT molecular complexity index is 1210. The number of anilines is 3. The molecule has 0 saturated heterocycles. The number of fused-ring (bicyclic) bond motifs is 2. The Morgan fingerprint density at radius 2 is 1.97 bits per heavy atom. The van der Waals surface area contributed by atoms with Crippen LogP contribution >= 0.6 is 11.6 Å². The van der Waals surface area contributed by atoms with Crippen LogP contribution < -0.4 is 15.5 Å². The van der Waals surface area contributed by atoms with Crippen LogP contribution in [0.4, 0.5) is 26.4 Å². The number of aromatic nitrogens is 2. The van der Waals surface area contributed by atoms with Crippen LogP contribution in [0.15, 0.2) is 42.6 Å². The second-order valence-corrected chi connectivity index (χ2v) is 8.28. The third-order valence-electron chi connectivity index (χ3n) is 5.17. The lowest BCUT2D eigenvalue weighted by Gasteiger charge is -2.23. The van der Waals surface area contributed by atoms with Crippen molar-refractivity contribution in [1.82, 2.24) is 15.1 Å². The smallest absolute Gasteiger partial charge is 0.404 e. The van der Waals surface area contributed by atoms with E-state index in [1.165, 1.54) is 36.3 Å². The zero-order valence-corrected chi connectivity index (χ0v) is 18.7. The second-order valence-electron chi connectivity index (χ2n) is 7.85. The minimum atomic E-state index is -1.26. The molecule has 0 atom stereocenters. The topological polar surface area (TPSA) is 99.5 Å². The maximum atomic E-state index is 14.5. The first-order valence-electron chi connectivity index (χ1n) is 10.5. The fourth-order valence-corrected chi connectivity index (χ4v) is 3.49. The van der Waals surface area contributed by atoms with Gasteiger partial charge in [0.1, 0.15) is 11.6 Å². The van der Waals surface area contributed by atoms with Crippen molar-refractivity contribution in [3.63, 3.8) is 0 Å². The van der Waals surface area contributed by atoms with E-state index in [0.29, 0.717) is 16.4 Å². The lowest BCUT2D eigenvalue weighted by Crippen LogP contribution is -2.30. The number of hydrogen-bond acceptors (Lipinski definition) is 4. The Morgan fingerprint density at radius 1 is 1.21 bits per heavy atom. The maximum absolute atomic E-state index is 14.5. The van der Waals surface area contributed by atoms with Crippen molar-refractivity contribution in [1.29, 1.82) is 0 Å². The highest BCUT2D eigenvalue weighted by atomic mass is 35.5. The summed E-state index contributed by atoms with van der Waals surface area (Å²) in [6, 6.07) is 9.09. The fourth-order valence-electron chi connectivity index (χ4n) is 3.32. The van der Waals surface area contributed by atoms with Crippen molar-refractivity contribution in [3.8, 4) is 0 Å². The second kappa shape index (κ2) is 9.50. The summed E-state index contributed by atoms with van der Waals surface area (Å²) >= 11 is 6.14. The van der Waals surface area contributed by atoms with E-state index in [0.717, 1.165) is 17.4 Å². The van der Waals surface area contributed by atoms with Crippen LogP contribution in [-0.4, -0.2) is 26.9 Å². The third-order valence-corrected chi connectivity index (χ3v) is 5.41. The summed E-state index contributed by atoms with van der Waals surface area (Å²) < 4.78 is 16.1. The van der Waals surface area contributed by atoms with E-state index >= 15 is 0 Å². The van der Waals surface area contributed by atoms with E-state index in [1.807, 2.05) is 0 Å². The van der Waals surface area contributed by atoms with Crippen LogP contribution in [0.1, 0.15) is 40.7 Å². The largest absolute Gasteiger partial charge is 0.465 e. The molecule has 1 saturated carbocycles. The van der Waals surface area contributed by atoms with Crippen molar-refractivity contribution in [2.24, 2.45) is 7.05 Å². The zero-order chi connectivity index (χ0) is 23.5. The highest BCUT2D eigenvalue weighted by Crippen LogP contribution is 2.38. The van der Waals surface area contributed by atoms with Crippen molar-refractivity contribution in [2.45, 2.75) is 32.4 Å². The molecule has 3 aromatic rings. The molecule has 1 aromatic heterocycles. The van der Waals surface area contributed by atoms with Gasteiger partial charge in [-0.25, -0.2) is 9.18 Å². The fraction of sp³-hybridized carbons (Fsp3) is 0.261. The predicted octanol–water partition coefficient (Wildman–Crippen LogP) is 5.05. The van der Waals surface area contributed by atoms with Gasteiger partial charge in [0, 0.05) is 35.3 Å². The first-order chi connectivity index (χ1) is 15.8. The van der Waals surface area contributed by atoms with Gasteiger partial charge in [0.25, 0.3) is 5.91 Å². The van der Waals surface area contributed by atoms with Crippen LogP contribution in [0.5, 0.6) is 0 Å². The molecule has 8 nitrogen and oxygen atoms in total. The van der Waals surface area contributed by atoms with E-state index in [1.54, 1.807) is 36.1 Å². The molecule has 2 aliphatic rings. The molecule has 0 unspecified atom stereocenters. The number of carbonyl (C=O) groups is 2. The van der Waals surface area contributed by atoms with Gasteiger partial charge in [0.2, 0.25) is 0 Å². The molecule has 1 fully saturated rings. The average molecular weight is 472 g/mol. The number of nitrogens with one attached hydrogen (secondary N) is 2. The summed E-state index contributed by atoms with van der Waals surface area (Å²) in [5.41, 5.74) is 2.30. The lowest BCUT2D eigenvalue weighted by molar-refractivity contribution is 0.0985. The van der Waals surface area contributed by atoms with Crippen molar-refractivity contribution in [3.05, 3.63) is 70.1 Å². The Labute approximate surface area is 195 Å². The molecular formula is C23H23ClFN5O3. The van der Waals surface area contributed by atoms with Gasteiger partial charge in [0.15, 0.2) is 0 Å². The summed E-state index contributed by atoms with van der Waals surface area (Å²) in [6.07, 6.45) is 4.91. The molecule has 3 N–H and O–H groups in total. The summed E-state index contributed by atoms with van der Waals surface area (Å²) in [5, 5.41) is 18.8. The summed E-state index contributed by atoms with van der Waals surface area (Å²) in [6.45, 7) is 0.0389. The summed E-state index contributed by atoms with van der Waals surface area (Å²) in [7, 11) is 1.78. The van der Waals surface area contributed by atoms with Crippen LogP contribution in [-0.2, 0) is 20.1 Å². The van der Waals surface area contributed by atoms with Gasteiger partial charge >= 0.3 is 6.09 Å². The first-order valence-corrected chi connectivity index (χ1v) is 10.9. The van der Waals surface area contributed by atoms with Crippen LogP contribution in [0, 0.1) is 5.82 Å². The number of rotatable bonds is 3. The number of halogens is 2. The molecule has 0 spiro atoms. The molecule has 0 radical (unpaired) electrons. The number of hydrogen-bond donors (Lipinski definition) is 3. The van der Waals surface area contributed by atoms with Gasteiger partial charge in [-0.15, -0.1) is 0 Å². The molecule has 2 aromatic carbocycles. The summed E-state index contributed by atoms with van der Waals surface area (Å²) in [5.74, 6) is -0.343. The standard InChI is InChI=1S/C20H17ClFN5O3.C3H6/c1-26-18-13(9-24-26)10-27(17-5-4-14(21)7-16(17)25-18)19(28)11-2-3-12(15(22)6-11)8-23-20(29)30;1-2-3-1/h2-7,9,23,25H,8,10H2,1H3,(H,29,30);1-3H2. The zero-order valence-electron chi connectivity index (χ0n) is 17.9. The van der Waals surface area contributed by atoms with E-state index in [2.05, 4.69) is 15.7 Å².